The lowest BCUT2D eigenvalue weighted by atomic mass is 10.1. The second-order valence-corrected chi connectivity index (χ2v) is 6.39. The molecule has 2 rings (SSSR count). The van der Waals surface area contributed by atoms with E-state index in [2.05, 4.69) is 0 Å². The molecule has 17 heavy (non-hydrogen) atoms. The monoisotopic (exact) mass is 254 g/mol. The first-order valence-electron chi connectivity index (χ1n) is 5.86. The van der Waals surface area contributed by atoms with Gasteiger partial charge in [-0.05, 0) is 43.9 Å². The Morgan fingerprint density at radius 1 is 1.35 bits per heavy atom. The van der Waals surface area contributed by atoms with Gasteiger partial charge < -0.3 is 5.73 Å². The molecule has 1 fully saturated rings. The first-order valence-corrected chi connectivity index (χ1v) is 7.30. The van der Waals surface area contributed by atoms with Gasteiger partial charge in [0.15, 0.2) is 0 Å². The fourth-order valence-electron chi connectivity index (χ4n) is 2.14. The zero-order valence-electron chi connectivity index (χ0n) is 9.96. The van der Waals surface area contributed by atoms with Gasteiger partial charge in [0.05, 0.1) is 11.1 Å². The van der Waals surface area contributed by atoms with Crippen LogP contribution in [-0.4, -0.2) is 25.4 Å². The van der Waals surface area contributed by atoms with Gasteiger partial charge >= 0.3 is 0 Å². The number of nitrogens with zero attached hydrogens (tertiary/aromatic N) is 1. The van der Waals surface area contributed by atoms with Gasteiger partial charge in [-0.15, -0.1) is 0 Å². The number of rotatable bonds is 2. The molecule has 1 atom stereocenters. The number of piperidine rings is 1. The third-order valence-electron chi connectivity index (χ3n) is 3.09. The van der Waals surface area contributed by atoms with E-state index in [1.54, 1.807) is 18.2 Å². The van der Waals surface area contributed by atoms with Crippen LogP contribution < -0.4 is 5.73 Å². The molecule has 4 nitrogen and oxygen atoms in total. The summed E-state index contributed by atoms with van der Waals surface area (Å²) < 4.78 is 26.2. The van der Waals surface area contributed by atoms with Crippen LogP contribution in [0.15, 0.2) is 29.2 Å². The Bertz CT molecular complexity index is 499. The lowest BCUT2D eigenvalue weighted by Crippen LogP contribution is -2.48. The zero-order chi connectivity index (χ0) is 12.5. The van der Waals surface area contributed by atoms with Crippen LogP contribution in [0, 0.1) is 6.92 Å². The molecule has 94 valence electrons. The van der Waals surface area contributed by atoms with Crippen LogP contribution in [0.1, 0.15) is 24.8 Å². The first-order chi connectivity index (χ1) is 8.01. The summed E-state index contributed by atoms with van der Waals surface area (Å²) in [5, 5.41) is 0. The maximum Gasteiger partial charge on any atom is 0.244 e. The van der Waals surface area contributed by atoms with Crippen LogP contribution >= 0.6 is 0 Å². The fourth-order valence-corrected chi connectivity index (χ4v) is 3.83. The predicted octanol–water partition coefficient (Wildman–Crippen LogP) is 1.45. The standard InChI is InChI=1S/C12H18N2O2S/c1-10-5-4-6-11(9-10)17(15,16)14-8-3-2-7-12(14)13/h4-6,9,12H,2-3,7-8,13H2,1H3. The van der Waals surface area contributed by atoms with Crippen LogP contribution in [0.25, 0.3) is 0 Å². The number of hydrogen-bond donors (Lipinski definition) is 1. The molecular formula is C12H18N2O2S. The van der Waals surface area contributed by atoms with Crippen LogP contribution in [0.4, 0.5) is 0 Å². The number of sulfonamides is 1. The van der Waals surface area contributed by atoms with E-state index in [9.17, 15) is 8.42 Å². The van der Waals surface area contributed by atoms with Crippen LogP contribution in [0.3, 0.4) is 0 Å². The van der Waals surface area contributed by atoms with Gasteiger partial charge in [-0.3, -0.25) is 0 Å². The molecule has 0 amide bonds. The topological polar surface area (TPSA) is 63.4 Å². The molecule has 1 aliphatic rings. The van der Waals surface area contributed by atoms with Crippen molar-refractivity contribution < 1.29 is 8.42 Å². The summed E-state index contributed by atoms with van der Waals surface area (Å²) >= 11 is 0. The van der Waals surface area contributed by atoms with E-state index in [4.69, 9.17) is 5.73 Å². The summed E-state index contributed by atoms with van der Waals surface area (Å²) in [6.45, 7) is 2.41. The molecule has 1 unspecified atom stereocenters. The Labute approximate surface area is 102 Å². The molecule has 0 spiro atoms. The van der Waals surface area contributed by atoms with Gasteiger partial charge in [-0.1, -0.05) is 12.1 Å². The minimum Gasteiger partial charge on any atom is -0.315 e. The molecular weight excluding hydrogens is 236 g/mol. The molecule has 0 aliphatic carbocycles. The summed E-state index contributed by atoms with van der Waals surface area (Å²) in [7, 11) is -3.43. The van der Waals surface area contributed by atoms with E-state index in [0.717, 1.165) is 24.8 Å². The van der Waals surface area contributed by atoms with E-state index >= 15 is 0 Å². The van der Waals surface area contributed by atoms with Gasteiger partial charge in [0, 0.05) is 6.54 Å². The Hall–Kier alpha value is -0.910. The zero-order valence-corrected chi connectivity index (χ0v) is 10.8. The quantitative estimate of drug-likeness (QED) is 0.869. The molecule has 1 aromatic carbocycles. The highest BCUT2D eigenvalue weighted by molar-refractivity contribution is 7.89. The minimum atomic E-state index is -3.43. The summed E-state index contributed by atoms with van der Waals surface area (Å²) in [6, 6.07) is 6.97. The minimum absolute atomic E-state index is 0.342. The molecule has 0 radical (unpaired) electrons. The molecule has 5 heteroatoms. The number of aryl methyl sites for hydroxylation is 1. The largest absolute Gasteiger partial charge is 0.315 e. The Morgan fingerprint density at radius 3 is 2.76 bits per heavy atom. The average molecular weight is 254 g/mol. The molecule has 0 saturated carbocycles. The van der Waals surface area contributed by atoms with Crippen molar-refractivity contribution in [3.05, 3.63) is 29.8 Å². The van der Waals surface area contributed by atoms with Crippen molar-refractivity contribution in [2.24, 2.45) is 5.73 Å². The fraction of sp³-hybridized carbons (Fsp3) is 0.500. The maximum atomic E-state index is 12.4. The van der Waals surface area contributed by atoms with E-state index < -0.39 is 10.0 Å². The van der Waals surface area contributed by atoms with Crippen LogP contribution in [0.5, 0.6) is 0 Å². The second kappa shape index (κ2) is 4.76. The van der Waals surface area contributed by atoms with Crippen molar-refractivity contribution >= 4 is 10.0 Å². The summed E-state index contributed by atoms with van der Waals surface area (Å²) in [5.74, 6) is 0. The average Bonchev–Trinajstić information content (AvgIpc) is 2.29. The van der Waals surface area contributed by atoms with Crippen LogP contribution in [-0.2, 0) is 10.0 Å². The molecule has 2 N–H and O–H groups in total. The number of nitrogens with two attached hydrogens (primary N) is 1. The summed E-state index contributed by atoms with van der Waals surface area (Å²) in [5.41, 5.74) is 6.83. The highest BCUT2D eigenvalue weighted by Gasteiger charge is 2.31. The Balaban J connectivity index is 2.35. The van der Waals surface area contributed by atoms with Gasteiger partial charge in [0.1, 0.15) is 0 Å². The third-order valence-corrected chi connectivity index (χ3v) is 5.01. The molecule has 1 heterocycles. The van der Waals surface area contributed by atoms with Gasteiger partial charge in [-0.2, -0.15) is 4.31 Å². The van der Waals surface area contributed by atoms with Crippen molar-refractivity contribution in [3.8, 4) is 0 Å². The molecule has 1 aliphatic heterocycles. The maximum absolute atomic E-state index is 12.4. The number of hydrogen-bond acceptors (Lipinski definition) is 3. The molecule has 0 bridgehead atoms. The van der Waals surface area contributed by atoms with Gasteiger partial charge in [0.25, 0.3) is 0 Å². The summed E-state index contributed by atoms with van der Waals surface area (Å²) in [6.07, 6.45) is 2.25. The van der Waals surface area contributed by atoms with Crippen molar-refractivity contribution in [1.29, 1.82) is 0 Å². The van der Waals surface area contributed by atoms with E-state index in [1.807, 2.05) is 13.0 Å². The second-order valence-electron chi connectivity index (χ2n) is 4.50. The lowest BCUT2D eigenvalue weighted by Gasteiger charge is -2.31. The van der Waals surface area contributed by atoms with Crippen molar-refractivity contribution in [2.75, 3.05) is 6.54 Å². The van der Waals surface area contributed by atoms with E-state index in [-0.39, 0.29) is 6.17 Å². The first kappa shape index (κ1) is 12.5. The highest BCUT2D eigenvalue weighted by atomic mass is 32.2. The smallest absolute Gasteiger partial charge is 0.244 e. The highest BCUT2D eigenvalue weighted by Crippen LogP contribution is 2.23. The number of benzene rings is 1. The van der Waals surface area contributed by atoms with Gasteiger partial charge in [-0.25, -0.2) is 8.42 Å². The lowest BCUT2D eigenvalue weighted by molar-refractivity contribution is 0.258. The van der Waals surface area contributed by atoms with Crippen molar-refractivity contribution in [3.63, 3.8) is 0 Å². The normalized spacial score (nSPS) is 22.6. The molecule has 1 saturated heterocycles. The van der Waals surface area contributed by atoms with E-state index in [1.165, 1.54) is 4.31 Å². The third kappa shape index (κ3) is 2.51. The summed E-state index contributed by atoms with van der Waals surface area (Å²) in [4.78, 5) is 0.342. The Kier molecular flexibility index (Phi) is 3.51. The van der Waals surface area contributed by atoms with E-state index in [0.29, 0.717) is 11.4 Å². The van der Waals surface area contributed by atoms with Crippen LogP contribution in [0.2, 0.25) is 0 Å². The predicted molar refractivity (Wildman–Crippen MR) is 66.9 cm³/mol. The SMILES string of the molecule is Cc1cccc(S(=O)(=O)N2CCCCC2N)c1. The Morgan fingerprint density at radius 2 is 2.12 bits per heavy atom. The van der Waals surface area contributed by atoms with Crippen molar-refractivity contribution in [1.82, 2.24) is 4.31 Å². The van der Waals surface area contributed by atoms with Gasteiger partial charge in [0.2, 0.25) is 10.0 Å². The van der Waals surface area contributed by atoms with Crippen molar-refractivity contribution in [2.45, 2.75) is 37.2 Å². The molecule has 1 aromatic rings. The molecule has 0 aromatic heterocycles.